The summed E-state index contributed by atoms with van der Waals surface area (Å²) in [6.07, 6.45) is 7.71. The van der Waals surface area contributed by atoms with Crippen molar-refractivity contribution in [2.45, 2.75) is 25.8 Å². The Morgan fingerprint density at radius 3 is 3.05 bits per heavy atom. The van der Waals surface area contributed by atoms with Crippen LogP contribution < -0.4 is 0 Å². The van der Waals surface area contributed by atoms with E-state index in [4.69, 9.17) is 4.74 Å². The van der Waals surface area contributed by atoms with Crippen LogP contribution in [0.15, 0.2) is 18.5 Å². The lowest BCUT2D eigenvalue weighted by molar-refractivity contribution is -0.394. The predicted molar refractivity (Wildman–Crippen MR) is 64.1 cm³/mol. The van der Waals surface area contributed by atoms with Crippen LogP contribution in [0.1, 0.15) is 19.3 Å². The van der Waals surface area contributed by atoms with E-state index in [1.165, 1.54) is 11.0 Å². The Kier molecular flexibility index (Phi) is 4.22. The topological polar surface area (TPSA) is 100 Å². The molecule has 1 unspecified atom stereocenters. The Bertz CT molecular complexity index is 497. The molecule has 0 spiro atoms. The van der Waals surface area contributed by atoms with Crippen LogP contribution in [0.2, 0.25) is 0 Å². The molecule has 0 aliphatic heterocycles. The number of nitro groups is 1. The van der Waals surface area contributed by atoms with Gasteiger partial charge < -0.3 is 14.9 Å². The molecular weight excluding hydrogens is 252 g/mol. The zero-order valence-corrected chi connectivity index (χ0v) is 10.3. The van der Waals surface area contributed by atoms with Crippen LogP contribution in [0.25, 0.3) is 0 Å². The summed E-state index contributed by atoms with van der Waals surface area (Å²) >= 11 is 0. The lowest BCUT2D eigenvalue weighted by Crippen LogP contribution is -2.20. The fourth-order valence-corrected chi connectivity index (χ4v) is 1.84. The monoisotopic (exact) mass is 266 g/mol. The van der Waals surface area contributed by atoms with E-state index in [2.05, 4.69) is 16.2 Å². The summed E-state index contributed by atoms with van der Waals surface area (Å²) < 4.78 is 6.41. The van der Waals surface area contributed by atoms with Crippen molar-refractivity contribution in [2.75, 3.05) is 6.61 Å². The van der Waals surface area contributed by atoms with Crippen molar-refractivity contribution in [1.82, 2.24) is 14.8 Å². The van der Waals surface area contributed by atoms with Gasteiger partial charge in [0, 0.05) is 5.10 Å². The van der Waals surface area contributed by atoms with Gasteiger partial charge in [0.05, 0.1) is 12.5 Å². The number of nitrogens with zero attached hydrogens (tertiary/aromatic N) is 4. The third kappa shape index (κ3) is 3.60. The summed E-state index contributed by atoms with van der Waals surface area (Å²) in [4.78, 5) is 24.9. The van der Waals surface area contributed by atoms with Crippen molar-refractivity contribution in [3.8, 4) is 0 Å². The minimum atomic E-state index is -0.670. The predicted octanol–water partition coefficient (Wildman–Crippen LogP) is 1.09. The highest BCUT2D eigenvalue weighted by atomic mass is 16.6. The second kappa shape index (κ2) is 6.07. The standard InChI is InChI=1S/C11H14N4O4/c16-10(9-4-2-1-3-5-9)19-7-6-14-8-12-11(13-14)15(17)18/h1-2,8-9H,3-7H2. The van der Waals surface area contributed by atoms with Crippen LogP contribution in [-0.4, -0.2) is 32.3 Å². The Labute approximate surface area is 109 Å². The molecule has 1 aromatic heterocycles. The van der Waals surface area contributed by atoms with Crippen molar-refractivity contribution in [3.05, 3.63) is 28.6 Å². The molecule has 0 N–H and O–H groups in total. The maximum absolute atomic E-state index is 11.7. The smallest absolute Gasteiger partial charge is 0.463 e. The van der Waals surface area contributed by atoms with Crippen LogP contribution in [0.5, 0.6) is 0 Å². The number of hydrogen-bond acceptors (Lipinski definition) is 6. The fraction of sp³-hybridized carbons (Fsp3) is 0.545. The molecule has 1 atom stereocenters. The van der Waals surface area contributed by atoms with E-state index in [1.807, 2.05) is 6.08 Å². The minimum Gasteiger partial charge on any atom is -0.463 e. The molecule has 19 heavy (non-hydrogen) atoms. The summed E-state index contributed by atoms with van der Waals surface area (Å²) in [5.41, 5.74) is 0. The van der Waals surface area contributed by atoms with E-state index in [9.17, 15) is 14.9 Å². The molecule has 0 aromatic carbocycles. The average molecular weight is 266 g/mol. The third-order valence-electron chi connectivity index (χ3n) is 2.85. The third-order valence-corrected chi connectivity index (χ3v) is 2.85. The summed E-state index contributed by atoms with van der Waals surface area (Å²) in [7, 11) is 0. The molecule has 0 bridgehead atoms. The largest absolute Gasteiger partial charge is 0.490 e. The first-order chi connectivity index (χ1) is 9.16. The van der Waals surface area contributed by atoms with Crippen molar-refractivity contribution < 1.29 is 14.5 Å². The Morgan fingerprint density at radius 1 is 1.58 bits per heavy atom. The van der Waals surface area contributed by atoms with Gasteiger partial charge in [0.15, 0.2) is 0 Å². The van der Waals surface area contributed by atoms with Gasteiger partial charge in [-0.25, -0.2) is 0 Å². The normalized spacial score (nSPS) is 18.2. The molecule has 0 saturated carbocycles. The Balaban J connectivity index is 1.74. The molecule has 1 aliphatic rings. The van der Waals surface area contributed by atoms with Crippen LogP contribution in [0.4, 0.5) is 5.95 Å². The van der Waals surface area contributed by atoms with Crippen molar-refractivity contribution >= 4 is 11.9 Å². The Morgan fingerprint density at radius 2 is 2.42 bits per heavy atom. The van der Waals surface area contributed by atoms with Gasteiger partial charge in [-0.15, -0.1) is 0 Å². The molecule has 2 rings (SSSR count). The fourth-order valence-electron chi connectivity index (χ4n) is 1.84. The maximum atomic E-state index is 11.7. The van der Waals surface area contributed by atoms with Crippen molar-refractivity contribution in [3.63, 3.8) is 0 Å². The van der Waals surface area contributed by atoms with Gasteiger partial charge >= 0.3 is 11.9 Å². The summed E-state index contributed by atoms with van der Waals surface area (Å²) in [5.74, 6) is -0.752. The van der Waals surface area contributed by atoms with E-state index in [0.29, 0.717) is 6.42 Å². The first-order valence-corrected chi connectivity index (χ1v) is 6.02. The summed E-state index contributed by atoms with van der Waals surface area (Å²) in [6, 6.07) is 0. The number of carbonyl (C=O) groups is 1. The van der Waals surface area contributed by atoms with Gasteiger partial charge in [0.1, 0.15) is 6.61 Å². The number of hydrogen-bond donors (Lipinski definition) is 0. The van der Waals surface area contributed by atoms with Crippen LogP contribution in [0.3, 0.4) is 0 Å². The van der Waals surface area contributed by atoms with Crippen LogP contribution >= 0.6 is 0 Å². The number of allylic oxidation sites excluding steroid dienone is 2. The summed E-state index contributed by atoms with van der Waals surface area (Å²) in [5, 5.41) is 14.0. The second-order valence-corrected chi connectivity index (χ2v) is 4.21. The zero-order chi connectivity index (χ0) is 13.7. The lowest BCUT2D eigenvalue weighted by Gasteiger charge is -2.15. The maximum Gasteiger partial charge on any atom is 0.490 e. The molecule has 0 saturated heterocycles. The van der Waals surface area contributed by atoms with E-state index >= 15 is 0 Å². The van der Waals surface area contributed by atoms with E-state index in [1.54, 1.807) is 0 Å². The van der Waals surface area contributed by atoms with Gasteiger partial charge in [-0.1, -0.05) is 17.1 Å². The average Bonchev–Trinajstić information content (AvgIpc) is 2.89. The second-order valence-electron chi connectivity index (χ2n) is 4.21. The SMILES string of the molecule is O=C(OCCn1cnc([N+](=O)[O-])n1)C1CC=CCC1. The van der Waals surface area contributed by atoms with Gasteiger partial charge in [0.2, 0.25) is 6.33 Å². The lowest BCUT2D eigenvalue weighted by atomic mass is 9.95. The van der Waals surface area contributed by atoms with E-state index in [-0.39, 0.29) is 25.0 Å². The molecule has 1 aliphatic carbocycles. The Hall–Kier alpha value is -2.25. The molecular formula is C11H14N4O4. The molecule has 1 aromatic rings. The summed E-state index contributed by atoms with van der Waals surface area (Å²) in [6.45, 7) is 0.398. The van der Waals surface area contributed by atoms with Crippen molar-refractivity contribution in [1.29, 1.82) is 0 Å². The van der Waals surface area contributed by atoms with Gasteiger partial charge in [0.25, 0.3) is 0 Å². The van der Waals surface area contributed by atoms with Gasteiger partial charge in [-0.3, -0.25) is 4.79 Å². The number of esters is 1. The van der Waals surface area contributed by atoms with Gasteiger partial charge in [-0.2, -0.15) is 4.68 Å². The van der Waals surface area contributed by atoms with Gasteiger partial charge in [-0.05, 0) is 24.2 Å². The molecule has 0 radical (unpaired) electrons. The zero-order valence-electron chi connectivity index (χ0n) is 10.3. The molecule has 8 heteroatoms. The highest BCUT2D eigenvalue weighted by Crippen LogP contribution is 2.19. The highest BCUT2D eigenvalue weighted by Gasteiger charge is 2.20. The highest BCUT2D eigenvalue weighted by molar-refractivity contribution is 5.72. The molecule has 0 amide bonds. The van der Waals surface area contributed by atoms with Crippen LogP contribution in [0, 0.1) is 16.0 Å². The molecule has 102 valence electrons. The number of ether oxygens (including phenoxy) is 1. The number of aromatic nitrogens is 3. The molecule has 0 fully saturated rings. The molecule has 8 nitrogen and oxygen atoms in total. The van der Waals surface area contributed by atoms with E-state index < -0.39 is 10.9 Å². The quantitative estimate of drug-likeness (QED) is 0.342. The first kappa shape index (κ1) is 13.2. The first-order valence-electron chi connectivity index (χ1n) is 6.02. The van der Waals surface area contributed by atoms with E-state index in [0.717, 1.165) is 12.8 Å². The number of carbonyl (C=O) groups excluding carboxylic acids is 1. The minimum absolute atomic E-state index is 0.0740. The molecule has 1 heterocycles. The van der Waals surface area contributed by atoms with Crippen molar-refractivity contribution in [2.24, 2.45) is 5.92 Å². The number of rotatable bonds is 5. The van der Waals surface area contributed by atoms with Crippen LogP contribution in [-0.2, 0) is 16.1 Å².